The van der Waals surface area contributed by atoms with Crippen LogP contribution in [0.3, 0.4) is 0 Å². The third kappa shape index (κ3) is 5.31. The summed E-state index contributed by atoms with van der Waals surface area (Å²) in [7, 11) is 1.53. The fourth-order valence-corrected chi connectivity index (χ4v) is 4.84. The Kier molecular flexibility index (Phi) is 7.44. The molecule has 0 unspecified atom stereocenters. The maximum absolute atomic E-state index is 13.5. The summed E-state index contributed by atoms with van der Waals surface area (Å²) in [5.41, 5.74) is 1.27. The van der Waals surface area contributed by atoms with E-state index in [1.807, 2.05) is 4.57 Å². The minimum absolute atomic E-state index is 0.0780. The molecule has 3 aromatic rings. The van der Waals surface area contributed by atoms with E-state index in [2.05, 4.69) is 15.1 Å². The van der Waals surface area contributed by atoms with Gasteiger partial charge in [-0.2, -0.15) is 0 Å². The Labute approximate surface area is 195 Å². The van der Waals surface area contributed by atoms with E-state index in [1.165, 1.54) is 50.3 Å². The molecule has 0 aliphatic carbocycles. The molecule has 1 fully saturated rings. The zero-order valence-electron chi connectivity index (χ0n) is 17.8. The molecule has 2 aromatic carbocycles. The van der Waals surface area contributed by atoms with Crippen LogP contribution in [0.25, 0.3) is 5.69 Å². The van der Waals surface area contributed by atoms with Crippen molar-refractivity contribution in [3.8, 4) is 11.4 Å². The van der Waals surface area contributed by atoms with E-state index in [4.69, 9.17) is 16.3 Å². The molecule has 1 aliphatic rings. The van der Waals surface area contributed by atoms with Gasteiger partial charge in [-0.15, -0.1) is 10.2 Å². The standard InChI is InChI=1S/C23H24ClFN4O2S/c1-31-21-10-5-16(13-19(21)24)20(30)15-32-23-27-26-22(14-28-11-3-2-4-12-28)29(23)18-8-6-17(25)7-9-18/h5-10,13H,2-4,11-12,14-15H2,1H3. The van der Waals surface area contributed by atoms with Gasteiger partial charge >= 0.3 is 0 Å². The summed E-state index contributed by atoms with van der Waals surface area (Å²) >= 11 is 7.46. The Bertz CT molecular complexity index is 1080. The van der Waals surface area contributed by atoms with Gasteiger partial charge in [0.15, 0.2) is 16.8 Å². The number of benzene rings is 2. The number of nitrogens with zero attached hydrogens (tertiary/aromatic N) is 4. The third-order valence-corrected chi connectivity index (χ3v) is 6.63. The number of ketones is 1. The number of methoxy groups -OCH3 is 1. The monoisotopic (exact) mass is 474 g/mol. The van der Waals surface area contributed by atoms with Crippen LogP contribution in [0.5, 0.6) is 5.75 Å². The molecule has 1 aromatic heterocycles. The van der Waals surface area contributed by atoms with Crippen LogP contribution < -0.4 is 4.74 Å². The zero-order valence-corrected chi connectivity index (χ0v) is 19.3. The van der Waals surface area contributed by atoms with E-state index in [9.17, 15) is 9.18 Å². The normalized spacial score (nSPS) is 14.5. The molecule has 0 amide bonds. The highest BCUT2D eigenvalue weighted by Gasteiger charge is 2.20. The molecule has 32 heavy (non-hydrogen) atoms. The Hall–Kier alpha value is -2.42. The van der Waals surface area contributed by atoms with Crippen molar-refractivity contribution >= 4 is 29.1 Å². The molecule has 6 nitrogen and oxygen atoms in total. The average Bonchev–Trinajstić information content (AvgIpc) is 3.20. The van der Waals surface area contributed by atoms with Crippen molar-refractivity contribution in [3.05, 3.63) is 64.7 Å². The Balaban J connectivity index is 1.55. The number of hydrogen-bond acceptors (Lipinski definition) is 6. The van der Waals surface area contributed by atoms with Crippen LogP contribution in [0.4, 0.5) is 4.39 Å². The summed E-state index contributed by atoms with van der Waals surface area (Å²) in [6, 6.07) is 11.2. The lowest BCUT2D eigenvalue weighted by molar-refractivity contribution is 0.102. The molecule has 0 radical (unpaired) electrons. The number of rotatable bonds is 8. The van der Waals surface area contributed by atoms with Crippen LogP contribution in [0.15, 0.2) is 47.6 Å². The molecule has 1 aliphatic heterocycles. The van der Waals surface area contributed by atoms with Gasteiger partial charge < -0.3 is 4.74 Å². The summed E-state index contributed by atoms with van der Waals surface area (Å²) in [5.74, 6) is 1.09. The van der Waals surface area contributed by atoms with E-state index in [1.54, 1.807) is 30.3 Å². The topological polar surface area (TPSA) is 60.2 Å². The number of carbonyl (C=O) groups is 1. The fraction of sp³-hybridized carbons (Fsp3) is 0.348. The molecule has 1 saturated heterocycles. The smallest absolute Gasteiger partial charge is 0.196 e. The quantitative estimate of drug-likeness (QED) is 0.337. The molecule has 168 valence electrons. The van der Waals surface area contributed by atoms with Gasteiger partial charge in [0.25, 0.3) is 0 Å². The summed E-state index contributed by atoms with van der Waals surface area (Å²) < 4.78 is 20.6. The first kappa shape index (κ1) is 22.8. The first-order valence-corrected chi connectivity index (χ1v) is 11.8. The van der Waals surface area contributed by atoms with Crippen molar-refractivity contribution in [1.82, 2.24) is 19.7 Å². The minimum Gasteiger partial charge on any atom is -0.495 e. The number of piperidine rings is 1. The number of carbonyl (C=O) groups excluding carboxylic acids is 1. The van der Waals surface area contributed by atoms with Gasteiger partial charge in [0.05, 0.1) is 24.4 Å². The maximum atomic E-state index is 13.5. The number of likely N-dealkylation sites (tertiary alicyclic amines) is 1. The van der Waals surface area contributed by atoms with Crippen LogP contribution in [-0.4, -0.2) is 51.4 Å². The molecule has 2 heterocycles. The summed E-state index contributed by atoms with van der Waals surface area (Å²) in [5, 5.41) is 9.74. The summed E-state index contributed by atoms with van der Waals surface area (Å²) in [6.07, 6.45) is 3.59. The van der Waals surface area contributed by atoms with Crippen molar-refractivity contribution in [2.45, 2.75) is 31.0 Å². The fourth-order valence-electron chi connectivity index (χ4n) is 3.72. The molecule has 9 heteroatoms. The number of hydrogen-bond donors (Lipinski definition) is 0. The lowest BCUT2D eigenvalue weighted by atomic mass is 10.1. The van der Waals surface area contributed by atoms with Gasteiger partial charge in [0, 0.05) is 11.3 Å². The van der Waals surface area contributed by atoms with Crippen molar-refractivity contribution in [2.75, 3.05) is 26.0 Å². The lowest BCUT2D eigenvalue weighted by Gasteiger charge is -2.26. The largest absolute Gasteiger partial charge is 0.495 e. The SMILES string of the molecule is COc1ccc(C(=O)CSc2nnc(CN3CCCCC3)n2-c2ccc(F)cc2)cc1Cl. The van der Waals surface area contributed by atoms with Crippen LogP contribution in [0, 0.1) is 5.82 Å². The van der Waals surface area contributed by atoms with Gasteiger partial charge in [0.2, 0.25) is 0 Å². The molecular formula is C23H24ClFN4O2S. The van der Waals surface area contributed by atoms with Gasteiger partial charge in [-0.3, -0.25) is 14.3 Å². The zero-order chi connectivity index (χ0) is 22.5. The Morgan fingerprint density at radius 2 is 1.88 bits per heavy atom. The van der Waals surface area contributed by atoms with Crippen LogP contribution in [0.2, 0.25) is 5.02 Å². The first-order chi connectivity index (χ1) is 15.5. The highest BCUT2D eigenvalue weighted by atomic mass is 35.5. The van der Waals surface area contributed by atoms with Gasteiger partial charge in [-0.1, -0.05) is 29.8 Å². The highest BCUT2D eigenvalue weighted by molar-refractivity contribution is 7.99. The molecule has 0 spiro atoms. The molecule has 0 atom stereocenters. The van der Waals surface area contributed by atoms with E-state index in [0.717, 1.165) is 24.6 Å². The van der Waals surface area contributed by atoms with Crippen molar-refractivity contribution < 1.29 is 13.9 Å². The van der Waals surface area contributed by atoms with Crippen molar-refractivity contribution in [3.63, 3.8) is 0 Å². The van der Waals surface area contributed by atoms with Crippen LogP contribution in [-0.2, 0) is 6.54 Å². The lowest BCUT2D eigenvalue weighted by Crippen LogP contribution is -2.30. The van der Waals surface area contributed by atoms with Gasteiger partial charge in [0.1, 0.15) is 11.6 Å². The maximum Gasteiger partial charge on any atom is 0.196 e. The van der Waals surface area contributed by atoms with E-state index in [0.29, 0.717) is 28.0 Å². The summed E-state index contributed by atoms with van der Waals surface area (Å²) in [6.45, 7) is 2.71. The second kappa shape index (κ2) is 10.5. The van der Waals surface area contributed by atoms with E-state index in [-0.39, 0.29) is 17.4 Å². The second-order valence-electron chi connectivity index (χ2n) is 7.61. The molecule has 0 N–H and O–H groups in total. The summed E-state index contributed by atoms with van der Waals surface area (Å²) in [4.78, 5) is 15.1. The van der Waals surface area contributed by atoms with Crippen LogP contribution >= 0.6 is 23.4 Å². The molecular weight excluding hydrogens is 451 g/mol. The minimum atomic E-state index is -0.305. The number of Topliss-reactive ketones (excluding diaryl/α,β-unsaturated/α-hetero) is 1. The predicted octanol–water partition coefficient (Wildman–Crippen LogP) is 5.03. The van der Waals surface area contributed by atoms with Crippen molar-refractivity contribution in [2.24, 2.45) is 0 Å². The van der Waals surface area contributed by atoms with Gasteiger partial charge in [-0.05, 0) is 68.4 Å². The third-order valence-electron chi connectivity index (χ3n) is 5.41. The number of ether oxygens (including phenoxy) is 1. The molecule has 4 rings (SSSR count). The highest BCUT2D eigenvalue weighted by Crippen LogP contribution is 2.28. The van der Waals surface area contributed by atoms with E-state index >= 15 is 0 Å². The van der Waals surface area contributed by atoms with E-state index < -0.39 is 0 Å². The number of thioether (sulfide) groups is 1. The average molecular weight is 475 g/mol. The first-order valence-electron chi connectivity index (χ1n) is 10.5. The molecule has 0 saturated carbocycles. The Morgan fingerprint density at radius 1 is 1.12 bits per heavy atom. The van der Waals surface area contributed by atoms with Crippen molar-refractivity contribution in [1.29, 1.82) is 0 Å². The van der Waals surface area contributed by atoms with Gasteiger partial charge in [-0.25, -0.2) is 4.39 Å². The Morgan fingerprint density at radius 3 is 2.56 bits per heavy atom. The predicted molar refractivity (Wildman–Crippen MR) is 124 cm³/mol. The molecule has 0 bridgehead atoms. The number of halogens is 2. The number of aromatic nitrogens is 3. The second-order valence-corrected chi connectivity index (χ2v) is 8.96. The van der Waals surface area contributed by atoms with Crippen LogP contribution in [0.1, 0.15) is 35.4 Å².